The zero-order valence-corrected chi connectivity index (χ0v) is 14.2. The van der Waals surface area contributed by atoms with E-state index < -0.39 is 5.97 Å². The van der Waals surface area contributed by atoms with Crippen molar-refractivity contribution in [2.45, 2.75) is 19.3 Å². The van der Waals surface area contributed by atoms with Crippen LogP contribution < -0.4 is 0 Å². The van der Waals surface area contributed by atoms with Crippen LogP contribution in [0.1, 0.15) is 25.0 Å². The molecule has 0 aromatic carbocycles. The number of fused-ring (bicyclic) bond motifs is 2. The predicted octanol–water partition coefficient (Wildman–Crippen LogP) is 3.43. The molecule has 0 radical (unpaired) electrons. The lowest BCUT2D eigenvalue weighted by Crippen LogP contribution is -2.26. The first kappa shape index (κ1) is 15.9. The van der Waals surface area contributed by atoms with Gasteiger partial charge in [0.15, 0.2) is 0 Å². The number of aromatic nitrogens is 1. The molecule has 4 rings (SSSR count). The van der Waals surface area contributed by atoms with E-state index in [9.17, 15) is 9.90 Å². The summed E-state index contributed by atoms with van der Waals surface area (Å²) < 4.78 is 0. The molecule has 23 heavy (non-hydrogen) atoms. The lowest BCUT2D eigenvalue weighted by molar-refractivity contribution is -0.130. The van der Waals surface area contributed by atoms with Crippen molar-refractivity contribution in [1.82, 2.24) is 9.88 Å². The minimum atomic E-state index is -0.913. The lowest BCUT2D eigenvalue weighted by Gasteiger charge is -2.36. The second-order valence-electron chi connectivity index (χ2n) is 6.39. The highest BCUT2D eigenvalue weighted by atomic mass is 32.1. The molecule has 1 N–H and O–H groups in total. The Bertz CT molecular complexity index is 675. The summed E-state index contributed by atoms with van der Waals surface area (Å²) in [5.74, 6) is 0.468. The number of carboxylic acid groups (broad SMARTS) is 1. The Balaban J connectivity index is 1.83. The van der Waals surface area contributed by atoms with Gasteiger partial charge >= 0.3 is 5.97 Å². The molecule has 3 unspecified atom stereocenters. The summed E-state index contributed by atoms with van der Waals surface area (Å²) in [4.78, 5) is 22.1. The molecule has 3 aliphatic rings. The van der Waals surface area contributed by atoms with Crippen molar-refractivity contribution in [1.29, 1.82) is 0 Å². The molecule has 0 spiro atoms. The topological polar surface area (TPSA) is 65.8 Å². The summed E-state index contributed by atoms with van der Waals surface area (Å²) in [6, 6.07) is 0. The smallest absolute Gasteiger partial charge is 0.337 e. The molecule has 1 fully saturated rings. The summed E-state index contributed by atoms with van der Waals surface area (Å²) in [5.41, 5.74) is 0.817. The van der Waals surface area contributed by atoms with Crippen LogP contribution in [0.4, 0.5) is 5.13 Å². The highest BCUT2D eigenvalue weighted by Crippen LogP contribution is 2.42. The number of carbonyl (C=O) groups is 1. The van der Waals surface area contributed by atoms with Gasteiger partial charge in [-0.05, 0) is 37.0 Å². The highest BCUT2D eigenvalue weighted by molar-refractivity contribution is 7.13. The van der Waals surface area contributed by atoms with Gasteiger partial charge in [0.1, 0.15) is 0 Å². The van der Waals surface area contributed by atoms with Gasteiger partial charge in [-0.1, -0.05) is 18.2 Å². The fourth-order valence-electron chi connectivity index (χ4n) is 3.26. The van der Waals surface area contributed by atoms with Crippen molar-refractivity contribution in [3.63, 3.8) is 0 Å². The van der Waals surface area contributed by atoms with Crippen molar-refractivity contribution in [2.75, 3.05) is 14.1 Å². The molecule has 1 aromatic heterocycles. The van der Waals surface area contributed by atoms with Crippen LogP contribution >= 0.6 is 11.3 Å². The Morgan fingerprint density at radius 1 is 1.43 bits per heavy atom. The molecular formula is C17H21N3O2S. The number of allylic oxidation sites excluding steroid dienone is 3. The maximum absolute atomic E-state index is 11.7. The molecule has 1 saturated carbocycles. The van der Waals surface area contributed by atoms with Gasteiger partial charge in [-0.25, -0.2) is 14.8 Å². The normalized spacial score (nSPS) is 26.9. The zero-order valence-electron chi connectivity index (χ0n) is 13.3. The maximum Gasteiger partial charge on any atom is 0.337 e. The molecule has 5 nitrogen and oxygen atoms in total. The van der Waals surface area contributed by atoms with Crippen LogP contribution in [-0.2, 0) is 4.79 Å². The molecule has 1 aromatic rings. The summed E-state index contributed by atoms with van der Waals surface area (Å²) in [7, 11) is 3.76. The average molecular weight is 331 g/mol. The molecule has 0 aliphatic heterocycles. The Hall–Kier alpha value is -1.95. The first-order valence-corrected chi connectivity index (χ1v) is 8.71. The SMILES string of the molecule is CN(C)C=Nc1nc(/C(=C\C2CC3C=CC2CC3)C(=O)O)cs1. The Morgan fingerprint density at radius 2 is 2.26 bits per heavy atom. The molecule has 2 bridgehead atoms. The van der Waals surface area contributed by atoms with Gasteiger partial charge in [0.2, 0.25) is 5.13 Å². The molecule has 3 atom stereocenters. The van der Waals surface area contributed by atoms with E-state index in [4.69, 9.17) is 0 Å². The molecule has 0 amide bonds. The highest BCUT2D eigenvalue weighted by Gasteiger charge is 2.31. The Morgan fingerprint density at radius 3 is 2.83 bits per heavy atom. The van der Waals surface area contributed by atoms with E-state index in [-0.39, 0.29) is 0 Å². The summed E-state index contributed by atoms with van der Waals surface area (Å²) in [6.45, 7) is 0. The van der Waals surface area contributed by atoms with Gasteiger partial charge in [-0.2, -0.15) is 0 Å². The molecule has 6 heteroatoms. The van der Waals surface area contributed by atoms with Crippen molar-refractivity contribution < 1.29 is 9.90 Å². The van der Waals surface area contributed by atoms with Gasteiger partial charge in [0.25, 0.3) is 0 Å². The summed E-state index contributed by atoms with van der Waals surface area (Å²) in [5, 5.41) is 11.9. The first-order chi connectivity index (χ1) is 11.0. The summed E-state index contributed by atoms with van der Waals surface area (Å²) in [6.07, 6.45) is 11.6. The molecule has 3 aliphatic carbocycles. The molecule has 1 heterocycles. The summed E-state index contributed by atoms with van der Waals surface area (Å²) >= 11 is 1.36. The largest absolute Gasteiger partial charge is 0.478 e. The van der Waals surface area contributed by atoms with E-state index in [1.165, 1.54) is 17.8 Å². The van der Waals surface area contributed by atoms with Gasteiger partial charge in [-0.3, -0.25) is 0 Å². The maximum atomic E-state index is 11.7. The van der Waals surface area contributed by atoms with Crippen LogP contribution in [0.2, 0.25) is 0 Å². The quantitative estimate of drug-likeness (QED) is 0.388. The zero-order chi connectivity index (χ0) is 16.4. The van der Waals surface area contributed by atoms with Crippen molar-refractivity contribution in [3.05, 3.63) is 29.3 Å². The second kappa shape index (κ2) is 6.66. The minimum Gasteiger partial charge on any atom is -0.478 e. The van der Waals surface area contributed by atoms with Crippen molar-refractivity contribution >= 4 is 34.3 Å². The molecule has 122 valence electrons. The number of hydrogen-bond donors (Lipinski definition) is 1. The van der Waals surface area contributed by atoms with E-state index in [0.717, 1.165) is 12.8 Å². The van der Waals surface area contributed by atoms with Crippen LogP contribution in [0.15, 0.2) is 28.6 Å². The monoisotopic (exact) mass is 331 g/mol. The third-order valence-electron chi connectivity index (χ3n) is 4.40. The third kappa shape index (κ3) is 3.69. The van der Waals surface area contributed by atoms with Crippen LogP contribution in [-0.4, -0.2) is 41.4 Å². The Labute approximate surface area is 140 Å². The van der Waals surface area contributed by atoms with E-state index in [1.807, 2.05) is 25.1 Å². The fraction of sp³-hybridized carbons (Fsp3) is 0.471. The van der Waals surface area contributed by atoms with Gasteiger partial charge < -0.3 is 10.0 Å². The first-order valence-electron chi connectivity index (χ1n) is 7.83. The minimum absolute atomic E-state index is 0.304. The van der Waals surface area contributed by atoms with Crippen LogP contribution in [0.5, 0.6) is 0 Å². The van der Waals surface area contributed by atoms with Gasteiger partial charge in [0, 0.05) is 19.5 Å². The molecular weight excluding hydrogens is 310 g/mol. The van der Waals surface area contributed by atoms with Gasteiger partial charge in [0.05, 0.1) is 17.6 Å². The molecule has 0 saturated heterocycles. The number of carboxylic acids is 1. The van der Waals surface area contributed by atoms with E-state index >= 15 is 0 Å². The average Bonchev–Trinajstić information content (AvgIpc) is 3.00. The fourth-order valence-corrected chi connectivity index (χ4v) is 3.92. The van der Waals surface area contributed by atoms with Crippen LogP contribution in [0.3, 0.4) is 0 Å². The number of aliphatic carboxylic acids is 1. The predicted molar refractivity (Wildman–Crippen MR) is 93.0 cm³/mol. The van der Waals surface area contributed by atoms with Crippen molar-refractivity contribution in [3.8, 4) is 0 Å². The lowest BCUT2D eigenvalue weighted by atomic mass is 9.68. The van der Waals surface area contributed by atoms with Gasteiger partial charge in [-0.15, -0.1) is 11.3 Å². The van der Waals surface area contributed by atoms with Crippen LogP contribution in [0, 0.1) is 17.8 Å². The number of aliphatic imine (C=N–C) groups is 1. The second-order valence-corrected chi connectivity index (χ2v) is 7.23. The standard InChI is InChI=1S/C17H21N3O2S/c1-20(2)10-18-17-19-15(9-23-17)14(16(21)22)8-13-7-11-3-5-12(13)6-4-11/h3,5,8-13H,4,6-7H2,1-2H3,(H,21,22)/b14-8+,18-10?. The number of nitrogens with zero attached hydrogens (tertiary/aromatic N) is 3. The van der Waals surface area contributed by atoms with Crippen LogP contribution in [0.25, 0.3) is 5.57 Å². The number of thiazole rings is 1. The van der Waals surface area contributed by atoms with E-state index in [2.05, 4.69) is 22.1 Å². The van der Waals surface area contributed by atoms with Crippen molar-refractivity contribution in [2.24, 2.45) is 22.7 Å². The Kier molecular flexibility index (Phi) is 4.61. The number of rotatable bonds is 5. The van der Waals surface area contributed by atoms with E-state index in [1.54, 1.807) is 11.7 Å². The number of hydrogen-bond acceptors (Lipinski definition) is 4. The third-order valence-corrected chi connectivity index (χ3v) is 5.15. The van der Waals surface area contributed by atoms with E-state index in [0.29, 0.717) is 34.2 Å².